The van der Waals surface area contributed by atoms with E-state index in [1.807, 2.05) is 22.7 Å². The van der Waals surface area contributed by atoms with Crippen molar-refractivity contribution >= 4 is 64.0 Å². The van der Waals surface area contributed by atoms with Crippen LogP contribution in [0.3, 0.4) is 0 Å². The number of anilines is 1. The maximum absolute atomic E-state index is 7.91. The number of hydrogen-bond acceptors (Lipinski definition) is 7. The minimum atomic E-state index is -0.480. The van der Waals surface area contributed by atoms with Crippen molar-refractivity contribution in [2.75, 3.05) is 5.73 Å². The first kappa shape index (κ1) is 65.3. The Bertz CT molecular complexity index is 2820. The molecule has 3 heterocycles. The zero-order valence-corrected chi connectivity index (χ0v) is 56.6. The van der Waals surface area contributed by atoms with E-state index in [9.17, 15) is 0 Å². The Kier molecular flexibility index (Phi) is 23.6. The third-order valence-corrected chi connectivity index (χ3v) is 21.4. The van der Waals surface area contributed by atoms with E-state index < -0.39 is 5.60 Å². The van der Waals surface area contributed by atoms with Crippen LogP contribution < -0.4 is 10.5 Å². The molecule has 0 saturated carbocycles. The van der Waals surface area contributed by atoms with Crippen molar-refractivity contribution < 1.29 is 4.74 Å². The van der Waals surface area contributed by atoms with E-state index in [0.717, 1.165) is 64.2 Å². The summed E-state index contributed by atoms with van der Waals surface area (Å²) >= 11 is 14.4. The summed E-state index contributed by atoms with van der Waals surface area (Å²) in [4.78, 5) is 5.87. The number of benzene rings is 3. The number of fused-ring (bicyclic) bond motifs is 6. The largest absolute Gasteiger partial charge is 0.481 e. The summed E-state index contributed by atoms with van der Waals surface area (Å²) in [5.74, 6) is 3.71. The number of nitrogens with two attached hydrogens (primary N) is 1. The number of rotatable bonds is 32. The molecule has 2 aromatic heterocycles. The Hall–Kier alpha value is -3.23. The highest BCUT2D eigenvalue weighted by Crippen LogP contribution is 2.61. The standard InChI is InChI=1S/C74H108N2OS4/c1-15-17-19-21-23-25-41-73(42-26-24-22-20-18-16-2)60-45-54(33-35-56(60)57-36-34-55(46-61(57)73)72(12,13)14)65-48-63-70(80-65)69-62(47-66(81-69)59-38-37-58(67(75)68(59)76-79)64(78)49-71(9,10)11)74(77-63,43-39-52(7)31-27-29-50(3)4)44-40-53(8)32-28-30-51(5)6/h33-38,45-53,78H,15-32,39-44,75H2,1-14H3/b64-49-. The van der Waals surface area contributed by atoms with Crippen LogP contribution in [0.5, 0.6) is 5.75 Å². The van der Waals surface area contributed by atoms with E-state index in [-0.39, 0.29) is 16.2 Å². The number of nitrogens with zero attached hydrogens (tertiary/aromatic N) is 1. The molecular weight excluding hydrogens is 1060 g/mol. The highest BCUT2D eigenvalue weighted by Gasteiger charge is 2.46. The maximum atomic E-state index is 7.91. The molecule has 5 aromatic rings. The molecule has 0 amide bonds. The van der Waals surface area contributed by atoms with E-state index in [0.29, 0.717) is 23.2 Å². The molecule has 2 aliphatic rings. The molecule has 81 heavy (non-hydrogen) atoms. The van der Waals surface area contributed by atoms with Crippen LogP contribution in [0.4, 0.5) is 11.4 Å². The number of allylic oxidation sites excluding steroid dienone is 1. The third kappa shape index (κ3) is 16.4. The first-order chi connectivity index (χ1) is 38.5. The zero-order chi connectivity index (χ0) is 58.7. The predicted molar refractivity (Wildman–Crippen MR) is 366 cm³/mol. The monoisotopic (exact) mass is 1170 g/mol. The summed E-state index contributed by atoms with van der Waals surface area (Å²) in [6.07, 6.45) is 32.1. The van der Waals surface area contributed by atoms with Gasteiger partial charge in [0.15, 0.2) is 0 Å². The lowest BCUT2D eigenvalue weighted by Gasteiger charge is -2.39. The van der Waals surface area contributed by atoms with Crippen molar-refractivity contribution in [1.82, 2.24) is 0 Å². The number of thiophene rings is 2. The van der Waals surface area contributed by atoms with Gasteiger partial charge in [0.05, 0.1) is 15.4 Å². The SMILES string of the molecule is CCCCCCCCC1(CCCCCCCC)c2cc(-c3cc4c(s3)-c3sc(-c5ccc(/C(S)=C/C(C)(C)C)c(N)c5N=S)cc3C(CCC(C)CCCC(C)C)(CCC(C)CCCC(C)C)O4)ccc2-c2ccc(C(C)(C)C)cc21. The van der Waals surface area contributed by atoms with Gasteiger partial charge in [-0.15, -0.1) is 35.3 Å². The fourth-order valence-electron chi connectivity index (χ4n) is 13.3. The normalized spacial score (nSPS) is 16.6. The molecule has 1 aliphatic carbocycles. The van der Waals surface area contributed by atoms with Gasteiger partial charge in [-0.1, -0.05) is 261 Å². The minimum Gasteiger partial charge on any atom is -0.481 e. The van der Waals surface area contributed by atoms with Crippen molar-refractivity contribution in [3.63, 3.8) is 0 Å². The van der Waals surface area contributed by atoms with Crippen molar-refractivity contribution in [3.05, 3.63) is 94.6 Å². The van der Waals surface area contributed by atoms with Gasteiger partial charge in [0.2, 0.25) is 0 Å². The van der Waals surface area contributed by atoms with Gasteiger partial charge >= 0.3 is 0 Å². The average Bonchev–Trinajstić information content (AvgIpc) is 3.15. The van der Waals surface area contributed by atoms with Gasteiger partial charge in [-0.25, -0.2) is 0 Å². The van der Waals surface area contributed by atoms with Gasteiger partial charge in [0.1, 0.15) is 17.0 Å². The third-order valence-electron chi connectivity index (χ3n) is 18.3. The Morgan fingerprint density at radius 3 is 1.67 bits per heavy atom. The van der Waals surface area contributed by atoms with E-state index in [1.54, 1.807) is 11.1 Å². The zero-order valence-electron chi connectivity index (χ0n) is 53.2. The summed E-state index contributed by atoms with van der Waals surface area (Å²) in [7, 11) is 0. The number of ether oxygens (including phenoxy) is 1. The number of unbranched alkanes of at least 4 members (excludes halogenated alkanes) is 10. The van der Waals surface area contributed by atoms with Crippen LogP contribution >= 0.6 is 35.3 Å². The van der Waals surface area contributed by atoms with Gasteiger partial charge < -0.3 is 10.5 Å². The molecule has 3 nitrogen and oxygen atoms in total. The number of nitrogen functional groups attached to an aromatic ring is 1. The molecule has 3 aromatic carbocycles. The second kappa shape index (κ2) is 29.2. The predicted octanol–water partition coefficient (Wildman–Crippen LogP) is 25.2. The minimum absolute atomic E-state index is 0.0192. The van der Waals surface area contributed by atoms with Crippen LogP contribution in [0.2, 0.25) is 0 Å². The lowest BCUT2D eigenvalue weighted by atomic mass is 9.69. The lowest BCUT2D eigenvalue weighted by molar-refractivity contribution is 0.0324. The van der Waals surface area contributed by atoms with Gasteiger partial charge in [0, 0.05) is 49.2 Å². The summed E-state index contributed by atoms with van der Waals surface area (Å²) in [5, 5.41) is 0. The maximum Gasteiger partial charge on any atom is 0.140 e. The highest BCUT2D eigenvalue weighted by molar-refractivity contribution is 7.90. The van der Waals surface area contributed by atoms with Crippen molar-refractivity contribution in [2.45, 2.75) is 267 Å². The number of hydrogen-bond donors (Lipinski definition) is 2. The van der Waals surface area contributed by atoms with Crippen LogP contribution in [0.1, 0.15) is 279 Å². The van der Waals surface area contributed by atoms with Crippen LogP contribution in [-0.2, 0) is 28.9 Å². The second-order valence-corrected chi connectivity index (χ2v) is 31.3. The summed E-state index contributed by atoms with van der Waals surface area (Å²) in [6.45, 7) is 32.8. The van der Waals surface area contributed by atoms with Crippen LogP contribution in [0, 0.1) is 29.1 Å². The summed E-state index contributed by atoms with van der Waals surface area (Å²) in [5.41, 5.74) is 19.9. The van der Waals surface area contributed by atoms with E-state index in [2.05, 4.69) is 168 Å². The molecule has 7 heteroatoms. The van der Waals surface area contributed by atoms with Crippen molar-refractivity contribution in [1.29, 1.82) is 0 Å². The quantitative estimate of drug-likeness (QED) is 0.0256. The second-order valence-electron chi connectivity index (χ2n) is 28.5. The molecule has 2 unspecified atom stereocenters. The summed E-state index contributed by atoms with van der Waals surface area (Å²) in [6, 6.07) is 24.4. The van der Waals surface area contributed by atoms with Gasteiger partial charge in [0.25, 0.3) is 0 Å². The average molecular weight is 1170 g/mol. The molecule has 0 radical (unpaired) electrons. The molecule has 0 fully saturated rings. The van der Waals surface area contributed by atoms with Crippen molar-refractivity contribution in [3.8, 4) is 47.5 Å². The fourth-order valence-corrected chi connectivity index (χ4v) is 16.6. The first-order valence-corrected chi connectivity index (χ1v) is 34.9. The lowest BCUT2D eigenvalue weighted by Crippen LogP contribution is -2.36. The van der Waals surface area contributed by atoms with Gasteiger partial charge in [-0.05, 0) is 125 Å². The fraction of sp³-hybridized carbons (Fsp3) is 0.622. The van der Waals surface area contributed by atoms with Gasteiger partial charge in [-0.3, -0.25) is 0 Å². The summed E-state index contributed by atoms with van der Waals surface area (Å²) < 4.78 is 12.4. The molecule has 0 bridgehead atoms. The van der Waals surface area contributed by atoms with Crippen LogP contribution in [0.25, 0.3) is 46.7 Å². The van der Waals surface area contributed by atoms with Crippen LogP contribution in [-0.4, -0.2) is 0 Å². The van der Waals surface area contributed by atoms with E-state index >= 15 is 0 Å². The molecule has 0 spiro atoms. The molecule has 2 N–H and O–H groups in total. The highest BCUT2D eigenvalue weighted by atomic mass is 32.1. The van der Waals surface area contributed by atoms with E-state index in [1.165, 1.54) is 171 Å². The van der Waals surface area contributed by atoms with Gasteiger partial charge in [-0.2, -0.15) is 4.36 Å². The molecule has 7 rings (SSSR count). The Morgan fingerprint density at radius 1 is 0.593 bits per heavy atom. The van der Waals surface area contributed by atoms with E-state index in [4.69, 9.17) is 35.5 Å². The van der Waals surface area contributed by atoms with Crippen molar-refractivity contribution in [2.24, 2.45) is 33.4 Å². The first-order valence-electron chi connectivity index (χ1n) is 32.5. The molecule has 444 valence electrons. The number of thiol groups is 1. The molecule has 2 atom stereocenters. The van der Waals surface area contributed by atoms with Crippen LogP contribution in [0.15, 0.2) is 71.1 Å². The molecular formula is C74H108N2OS4. The topological polar surface area (TPSA) is 47.6 Å². The molecule has 0 saturated heterocycles. The Morgan fingerprint density at radius 2 is 1.12 bits per heavy atom. The smallest absolute Gasteiger partial charge is 0.140 e. The Balaban J connectivity index is 1.38. The Labute approximate surface area is 513 Å². The molecule has 1 aliphatic heterocycles.